The second-order valence-corrected chi connectivity index (χ2v) is 3.54. The van der Waals surface area contributed by atoms with Gasteiger partial charge in [-0.05, 0) is 18.1 Å². The van der Waals surface area contributed by atoms with Crippen molar-refractivity contribution in [2.45, 2.75) is 26.3 Å². The number of carbonyl (C=O) groups excluding carboxylic acids is 1. The molecular formula is C12H18N2O2. The summed E-state index contributed by atoms with van der Waals surface area (Å²) < 4.78 is 5.00. The molecule has 0 saturated heterocycles. The van der Waals surface area contributed by atoms with Crippen LogP contribution < -0.4 is 5.32 Å². The average molecular weight is 222 g/mol. The van der Waals surface area contributed by atoms with Crippen LogP contribution in [-0.4, -0.2) is 24.1 Å². The Morgan fingerprint density at radius 1 is 1.56 bits per heavy atom. The standard InChI is InChI=1S/C12H18N2O2/c1-2-3-7-16-12(15)10-14-9-11-5-4-6-13-8-11/h4-6,8,14H,2-3,7,9-10H2,1H3. The lowest BCUT2D eigenvalue weighted by molar-refractivity contribution is -0.142. The number of unbranched alkanes of at least 4 members (excludes halogenated alkanes) is 1. The summed E-state index contributed by atoms with van der Waals surface area (Å²) in [6.07, 6.45) is 5.46. The van der Waals surface area contributed by atoms with Gasteiger partial charge in [0.15, 0.2) is 0 Å². The van der Waals surface area contributed by atoms with Crippen LogP contribution >= 0.6 is 0 Å². The molecule has 1 heterocycles. The molecule has 1 aromatic rings. The monoisotopic (exact) mass is 222 g/mol. The molecule has 0 saturated carbocycles. The molecule has 4 heteroatoms. The van der Waals surface area contributed by atoms with Gasteiger partial charge in [-0.3, -0.25) is 9.78 Å². The first-order valence-corrected chi connectivity index (χ1v) is 5.58. The van der Waals surface area contributed by atoms with Crippen molar-refractivity contribution in [3.05, 3.63) is 30.1 Å². The lowest BCUT2D eigenvalue weighted by Gasteiger charge is -2.05. The lowest BCUT2D eigenvalue weighted by Crippen LogP contribution is -2.24. The first kappa shape index (κ1) is 12.6. The summed E-state index contributed by atoms with van der Waals surface area (Å²) in [5.41, 5.74) is 1.06. The minimum atomic E-state index is -0.197. The van der Waals surface area contributed by atoms with E-state index in [1.807, 2.05) is 12.1 Å². The normalized spacial score (nSPS) is 10.1. The molecule has 0 aromatic carbocycles. The van der Waals surface area contributed by atoms with Crippen molar-refractivity contribution in [2.75, 3.05) is 13.2 Å². The fraction of sp³-hybridized carbons (Fsp3) is 0.500. The van der Waals surface area contributed by atoms with E-state index in [2.05, 4.69) is 17.2 Å². The van der Waals surface area contributed by atoms with Gasteiger partial charge in [-0.2, -0.15) is 0 Å². The summed E-state index contributed by atoms with van der Waals surface area (Å²) in [7, 11) is 0. The van der Waals surface area contributed by atoms with Gasteiger partial charge in [0.2, 0.25) is 0 Å². The second-order valence-electron chi connectivity index (χ2n) is 3.54. The fourth-order valence-electron chi connectivity index (χ4n) is 1.19. The topological polar surface area (TPSA) is 51.2 Å². The molecule has 0 aliphatic carbocycles. The van der Waals surface area contributed by atoms with E-state index in [1.54, 1.807) is 12.4 Å². The molecule has 0 amide bonds. The molecule has 4 nitrogen and oxygen atoms in total. The quantitative estimate of drug-likeness (QED) is 0.561. The Labute approximate surface area is 96.0 Å². The summed E-state index contributed by atoms with van der Waals surface area (Å²) in [6, 6.07) is 3.83. The first-order chi connectivity index (χ1) is 7.83. The van der Waals surface area contributed by atoms with E-state index in [0.29, 0.717) is 13.2 Å². The highest BCUT2D eigenvalue weighted by Crippen LogP contribution is 1.94. The van der Waals surface area contributed by atoms with Crippen molar-refractivity contribution in [1.29, 1.82) is 0 Å². The van der Waals surface area contributed by atoms with Crippen LogP contribution in [-0.2, 0) is 16.1 Å². The van der Waals surface area contributed by atoms with Gasteiger partial charge >= 0.3 is 5.97 Å². The molecule has 0 aliphatic rings. The lowest BCUT2D eigenvalue weighted by atomic mass is 10.3. The number of carbonyl (C=O) groups is 1. The number of hydrogen-bond donors (Lipinski definition) is 1. The molecule has 0 spiro atoms. The molecule has 0 atom stereocenters. The molecule has 1 rings (SSSR count). The van der Waals surface area contributed by atoms with Gasteiger partial charge in [0.1, 0.15) is 0 Å². The van der Waals surface area contributed by atoms with Gasteiger partial charge in [0, 0.05) is 18.9 Å². The summed E-state index contributed by atoms with van der Waals surface area (Å²) in [4.78, 5) is 15.2. The number of aromatic nitrogens is 1. The van der Waals surface area contributed by atoms with Crippen LogP contribution in [0.15, 0.2) is 24.5 Å². The largest absolute Gasteiger partial charge is 0.465 e. The van der Waals surface area contributed by atoms with Gasteiger partial charge in [0.05, 0.1) is 13.2 Å². The second kappa shape index (κ2) is 7.82. The van der Waals surface area contributed by atoms with E-state index in [4.69, 9.17) is 4.74 Å². The van der Waals surface area contributed by atoms with E-state index >= 15 is 0 Å². The maximum Gasteiger partial charge on any atom is 0.319 e. The number of rotatable bonds is 7. The van der Waals surface area contributed by atoms with Gasteiger partial charge in [0.25, 0.3) is 0 Å². The van der Waals surface area contributed by atoms with E-state index < -0.39 is 0 Å². The number of hydrogen-bond acceptors (Lipinski definition) is 4. The fourth-order valence-corrected chi connectivity index (χ4v) is 1.19. The van der Waals surface area contributed by atoms with Gasteiger partial charge < -0.3 is 10.1 Å². The minimum absolute atomic E-state index is 0.197. The molecular weight excluding hydrogens is 204 g/mol. The van der Waals surface area contributed by atoms with Crippen molar-refractivity contribution in [1.82, 2.24) is 10.3 Å². The van der Waals surface area contributed by atoms with Gasteiger partial charge in [-0.15, -0.1) is 0 Å². The first-order valence-electron chi connectivity index (χ1n) is 5.58. The van der Waals surface area contributed by atoms with E-state index in [1.165, 1.54) is 0 Å². The smallest absolute Gasteiger partial charge is 0.319 e. The van der Waals surface area contributed by atoms with Crippen LogP contribution in [0.5, 0.6) is 0 Å². The zero-order chi connectivity index (χ0) is 11.6. The van der Waals surface area contributed by atoms with Crippen molar-refractivity contribution in [3.63, 3.8) is 0 Å². The average Bonchev–Trinajstić information content (AvgIpc) is 2.31. The van der Waals surface area contributed by atoms with Crippen LogP contribution in [0.3, 0.4) is 0 Å². The molecule has 88 valence electrons. The Kier molecular flexibility index (Phi) is 6.18. The molecule has 0 radical (unpaired) electrons. The van der Waals surface area contributed by atoms with Crippen LogP contribution in [0.1, 0.15) is 25.3 Å². The van der Waals surface area contributed by atoms with Crippen molar-refractivity contribution >= 4 is 5.97 Å². The zero-order valence-electron chi connectivity index (χ0n) is 9.61. The van der Waals surface area contributed by atoms with Crippen LogP contribution in [0.2, 0.25) is 0 Å². The molecule has 1 N–H and O–H groups in total. The third kappa shape index (κ3) is 5.46. The summed E-state index contributed by atoms with van der Waals surface area (Å²) in [5, 5.41) is 3.01. The molecule has 16 heavy (non-hydrogen) atoms. The number of ether oxygens (including phenoxy) is 1. The van der Waals surface area contributed by atoms with Gasteiger partial charge in [-0.25, -0.2) is 0 Å². The Bertz CT molecular complexity index is 301. The van der Waals surface area contributed by atoms with Crippen LogP contribution in [0.25, 0.3) is 0 Å². The molecule has 0 fully saturated rings. The highest BCUT2D eigenvalue weighted by Gasteiger charge is 2.01. The molecule has 0 bridgehead atoms. The Morgan fingerprint density at radius 2 is 2.44 bits per heavy atom. The van der Waals surface area contributed by atoms with Crippen LogP contribution in [0, 0.1) is 0 Å². The molecule has 0 aliphatic heterocycles. The Balaban J connectivity index is 2.09. The molecule has 1 aromatic heterocycles. The predicted molar refractivity (Wildman–Crippen MR) is 61.8 cm³/mol. The number of nitrogens with one attached hydrogen (secondary N) is 1. The highest BCUT2D eigenvalue weighted by atomic mass is 16.5. The third-order valence-corrected chi connectivity index (χ3v) is 2.08. The maximum atomic E-state index is 11.2. The van der Waals surface area contributed by atoms with E-state index in [-0.39, 0.29) is 12.5 Å². The number of esters is 1. The SMILES string of the molecule is CCCCOC(=O)CNCc1cccnc1. The predicted octanol–water partition coefficient (Wildman–Crippen LogP) is 1.51. The summed E-state index contributed by atoms with van der Waals surface area (Å²) in [6.45, 7) is 3.47. The zero-order valence-corrected chi connectivity index (χ0v) is 9.61. The minimum Gasteiger partial charge on any atom is -0.465 e. The summed E-state index contributed by atoms with van der Waals surface area (Å²) >= 11 is 0. The van der Waals surface area contributed by atoms with E-state index in [9.17, 15) is 4.79 Å². The molecule has 0 unspecified atom stereocenters. The number of pyridine rings is 1. The van der Waals surface area contributed by atoms with Crippen molar-refractivity contribution in [2.24, 2.45) is 0 Å². The Morgan fingerprint density at radius 3 is 3.12 bits per heavy atom. The van der Waals surface area contributed by atoms with Gasteiger partial charge in [-0.1, -0.05) is 19.4 Å². The van der Waals surface area contributed by atoms with Crippen LogP contribution in [0.4, 0.5) is 0 Å². The van der Waals surface area contributed by atoms with Crippen molar-refractivity contribution in [3.8, 4) is 0 Å². The maximum absolute atomic E-state index is 11.2. The Hall–Kier alpha value is -1.42. The third-order valence-electron chi connectivity index (χ3n) is 2.08. The number of nitrogens with zero attached hydrogens (tertiary/aromatic N) is 1. The van der Waals surface area contributed by atoms with Crippen molar-refractivity contribution < 1.29 is 9.53 Å². The van der Waals surface area contributed by atoms with E-state index in [0.717, 1.165) is 18.4 Å². The highest BCUT2D eigenvalue weighted by molar-refractivity contribution is 5.71. The summed E-state index contributed by atoms with van der Waals surface area (Å²) in [5.74, 6) is -0.197.